The van der Waals surface area contributed by atoms with Crippen LogP contribution in [-0.4, -0.2) is 32.1 Å². The fraction of sp³-hybridized carbons (Fsp3) is 0.231. The van der Waals surface area contributed by atoms with Gasteiger partial charge in [0.05, 0.1) is 7.11 Å². The first-order valence-electron chi connectivity index (χ1n) is 5.90. The molecule has 0 saturated heterocycles. The standard InChI is InChI=1S/C13H16N4O2S/c1-17(2)13-16-11(14)10(20-13)12(18)15-8-5-4-6-9(7-8)19-3/h4-7H,14H2,1-3H3,(H,15,18). The topological polar surface area (TPSA) is 80.5 Å². The molecule has 20 heavy (non-hydrogen) atoms. The van der Waals surface area contributed by atoms with E-state index in [1.54, 1.807) is 31.4 Å². The first-order chi connectivity index (χ1) is 9.51. The molecule has 0 aliphatic carbocycles. The highest BCUT2D eigenvalue weighted by atomic mass is 32.1. The number of nitrogens with two attached hydrogens (primary N) is 1. The molecule has 0 radical (unpaired) electrons. The molecule has 7 heteroatoms. The van der Waals surface area contributed by atoms with Crippen molar-refractivity contribution < 1.29 is 9.53 Å². The Labute approximate surface area is 121 Å². The zero-order chi connectivity index (χ0) is 14.7. The Kier molecular flexibility index (Phi) is 4.09. The van der Waals surface area contributed by atoms with E-state index in [4.69, 9.17) is 10.5 Å². The second-order valence-electron chi connectivity index (χ2n) is 4.29. The number of rotatable bonds is 4. The molecule has 0 bridgehead atoms. The van der Waals surface area contributed by atoms with E-state index in [-0.39, 0.29) is 11.7 Å². The fourth-order valence-corrected chi connectivity index (χ4v) is 2.37. The molecule has 2 aromatic rings. The molecule has 0 spiro atoms. The van der Waals surface area contributed by atoms with Crippen LogP contribution in [0.4, 0.5) is 16.6 Å². The summed E-state index contributed by atoms with van der Waals surface area (Å²) in [7, 11) is 5.27. The summed E-state index contributed by atoms with van der Waals surface area (Å²) in [6, 6.07) is 7.13. The Hall–Kier alpha value is -2.28. The Bertz CT molecular complexity index is 625. The van der Waals surface area contributed by atoms with Crippen LogP contribution in [0.3, 0.4) is 0 Å². The zero-order valence-corrected chi connectivity index (χ0v) is 12.3. The Morgan fingerprint density at radius 1 is 1.45 bits per heavy atom. The average molecular weight is 292 g/mol. The molecule has 0 saturated carbocycles. The van der Waals surface area contributed by atoms with Crippen molar-refractivity contribution in [2.75, 3.05) is 37.2 Å². The highest BCUT2D eigenvalue weighted by Crippen LogP contribution is 2.27. The number of aromatic nitrogens is 1. The van der Waals surface area contributed by atoms with Gasteiger partial charge in [-0.05, 0) is 12.1 Å². The maximum atomic E-state index is 12.2. The fourth-order valence-electron chi connectivity index (χ4n) is 1.56. The lowest BCUT2D eigenvalue weighted by atomic mass is 10.3. The van der Waals surface area contributed by atoms with Gasteiger partial charge in [-0.15, -0.1) is 0 Å². The Morgan fingerprint density at radius 3 is 2.80 bits per heavy atom. The number of nitrogens with one attached hydrogen (secondary N) is 1. The molecule has 0 aliphatic rings. The van der Waals surface area contributed by atoms with Gasteiger partial charge < -0.3 is 20.7 Å². The number of amides is 1. The van der Waals surface area contributed by atoms with Gasteiger partial charge in [0, 0.05) is 25.8 Å². The molecule has 1 aromatic heterocycles. The SMILES string of the molecule is COc1cccc(NC(=O)c2sc(N(C)C)nc2N)c1. The number of hydrogen-bond donors (Lipinski definition) is 2. The number of anilines is 3. The van der Waals surface area contributed by atoms with Gasteiger partial charge in [-0.3, -0.25) is 4.79 Å². The van der Waals surface area contributed by atoms with E-state index in [9.17, 15) is 4.79 Å². The van der Waals surface area contributed by atoms with Gasteiger partial charge in [0.1, 0.15) is 16.4 Å². The van der Waals surface area contributed by atoms with Crippen molar-refractivity contribution in [1.82, 2.24) is 4.98 Å². The van der Waals surface area contributed by atoms with Crippen molar-refractivity contribution in [3.63, 3.8) is 0 Å². The van der Waals surface area contributed by atoms with Crippen LogP contribution in [0.15, 0.2) is 24.3 Å². The largest absolute Gasteiger partial charge is 0.497 e. The highest BCUT2D eigenvalue weighted by Gasteiger charge is 2.17. The van der Waals surface area contributed by atoms with E-state index in [0.29, 0.717) is 21.4 Å². The van der Waals surface area contributed by atoms with Crippen LogP contribution in [0.2, 0.25) is 0 Å². The van der Waals surface area contributed by atoms with Crippen molar-refractivity contribution in [1.29, 1.82) is 0 Å². The molecular formula is C13H16N4O2S. The Morgan fingerprint density at radius 2 is 2.20 bits per heavy atom. The van der Waals surface area contributed by atoms with E-state index < -0.39 is 0 Å². The van der Waals surface area contributed by atoms with Crippen LogP contribution in [-0.2, 0) is 0 Å². The third-order valence-electron chi connectivity index (χ3n) is 2.56. The smallest absolute Gasteiger partial charge is 0.269 e. The molecule has 1 aromatic carbocycles. The van der Waals surface area contributed by atoms with Crippen LogP contribution in [0.25, 0.3) is 0 Å². The second-order valence-corrected chi connectivity index (χ2v) is 5.27. The van der Waals surface area contributed by atoms with Gasteiger partial charge in [-0.25, -0.2) is 4.98 Å². The summed E-state index contributed by atoms with van der Waals surface area (Å²) in [6.45, 7) is 0. The summed E-state index contributed by atoms with van der Waals surface area (Å²) in [4.78, 5) is 18.5. The molecule has 0 aliphatic heterocycles. The van der Waals surface area contributed by atoms with E-state index in [1.165, 1.54) is 11.3 Å². The van der Waals surface area contributed by atoms with Crippen molar-refractivity contribution in [2.45, 2.75) is 0 Å². The summed E-state index contributed by atoms with van der Waals surface area (Å²) >= 11 is 1.25. The van der Waals surface area contributed by atoms with Crippen molar-refractivity contribution in [3.8, 4) is 5.75 Å². The number of nitrogen functional groups attached to an aromatic ring is 1. The second kappa shape index (κ2) is 5.79. The van der Waals surface area contributed by atoms with Crippen molar-refractivity contribution in [2.24, 2.45) is 0 Å². The summed E-state index contributed by atoms with van der Waals surface area (Å²) in [5.74, 6) is 0.634. The van der Waals surface area contributed by atoms with Gasteiger partial charge in [0.15, 0.2) is 5.13 Å². The zero-order valence-electron chi connectivity index (χ0n) is 11.5. The average Bonchev–Trinajstić information content (AvgIpc) is 2.81. The molecular weight excluding hydrogens is 276 g/mol. The molecule has 3 N–H and O–H groups in total. The predicted octanol–water partition coefficient (Wildman–Crippen LogP) is 2.05. The summed E-state index contributed by atoms with van der Waals surface area (Å²) in [5.41, 5.74) is 6.42. The van der Waals surface area contributed by atoms with Crippen molar-refractivity contribution in [3.05, 3.63) is 29.1 Å². The van der Waals surface area contributed by atoms with E-state index >= 15 is 0 Å². The molecule has 0 unspecified atom stereocenters. The molecule has 0 fully saturated rings. The molecule has 6 nitrogen and oxygen atoms in total. The summed E-state index contributed by atoms with van der Waals surface area (Å²) in [6.07, 6.45) is 0. The van der Waals surface area contributed by atoms with Gasteiger partial charge in [-0.1, -0.05) is 17.4 Å². The molecule has 0 atom stereocenters. The van der Waals surface area contributed by atoms with Crippen LogP contribution in [0, 0.1) is 0 Å². The lowest BCUT2D eigenvalue weighted by molar-refractivity contribution is 0.103. The minimum absolute atomic E-state index is 0.235. The van der Waals surface area contributed by atoms with E-state index in [0.717, 1.165) is 0 Å². The van der Waals surface area contributed by atoms with Crippen LogP contribution >= 0.6 is 11.3 Å². The van der Waals surface area contributed by atoms with Gasteiger partial charge in [0.25, 0.3) is 5.91 Å². The first kappa shape index (κ1) is 14.1. The number of carbonyl (C=O) groups excluding carboxylic acids is 1. The summed E-state index contributed by atoms with van der Waals surface area (Å²) < 4.78 is 5.11. The Balaban J connectivity index is 2.19. The third-order valence-corrected chi connectivity index (χ3v) is 3.80. The number of ether oxygens (including phenoxy) is 1. The number of thiazole rings is 1. The predicted molar refractivity (Wildman–Crippen MR) is 81.8 cm³/mol. The maximum Gasteiger partial charge on any atom is 0.269 e. The van der Waals surface area contributed by atoms with Crippen LogP contribution in [0.5, 0.6) is 5.75 Å². The highest BCUT2D eigenvalue weighted by molar-refractivity contribution is 7.18. The van der Waals surface area contributed by atoms with E-state index in [2.05, 4.69) is 10.3 Å². The van der Waals surface area contributed by atoms with Gasteiger partial charge in [-0.2, -0.15) is 0 Å². The lowest BCUT2D eigenvalue weighted by Crippen LogP contribution is -2.12. The number of benzene rings is 1. The third kappa shape index (κ3) is 3.00. The molecule has 1 heterocycles. The summed E-state index contributed by atoms with van der Waals surface area (Å²) in [5, 5.41) is 3.47. The number of nitrogens with zero attached hydrogens (tertiary/aromatic N) is 2. The van der Waals surface area contributed by atoms with Gasteiger partial charge in [0.2, 0.25) is 0 Å². The minimum atomic E-state index is -0.277. The quantitative estimate of drug-likeness (QED) is 0.901. The molecule has 1 amide bonds. The van der Waals surface area contributed by atoms with Crippen molar-refractivity contribution >= 4 is 33.9 Å². The number of methoxy groups -OCH3 is 1. The lowest BCUT2D eigenvalue weighted by Gasteiger charge is -2.06. The van der Waals surface area contributed by atoms with E-state index in [1.807, 2.05) is 19.0 Å². The molecule has 2 rings (SSSR count). The number of carbonyl (C=O) groups is 1. The van der Waals surface area contributed by atoms with Gasteiger partial charge >= 0.3 is 0 Å². The van der Waals surface area contributed by atoms with Crippen LogP contribution < -0.4 is 20.7 Å². The van der Waals surface area contributed by atoms with Crippen LogP contribution in [0.1, 0.15) is 9.67 Å². The monoisotopic (exact) mass is 292 g/mol. The number of hydrogen-bond acceptors (Lipinski definition) is 6. The first-order valence-corrected chi connectivity index (χ1v) is 6.72. The minimum Gasteiger partial charge on any atom is -0.497 e. The molecule has 106 valence electrons. The normalized spacial score (nSPS) is 10.2. The maximum absolute atomic E-state index is 12.2.